The molecule has 3 heterocycles. The van der Waals surface area contributed by atoms with E-state index in [1.165, 1.54) is 24.3 Å². The molecule has 0 amide bonds. The van der Waals surface area contributed by atoms with E-state index in [4.69, 9.17) is 11.6 Å². The molecule has 1 aliphatic heterocycles. The van der Waals surface area contributed by atoms with Gasteiger partial charge in [-0.2, -0.15) is 11.8 Å². The van der Waals surface area contributed by atoms with Gasteiger partial charge in [-0.25, -0.2) is 0 Å². The summed E-state index contributed by atoms with van der Waals surface area (Å²) in [6.45, 7) is 0. The van der Waals surface area contributed by atoms with Gasteiger partial charge in [-0.1, -0.05) is 11.6 Å². The van der Waals surface area contributed by atoms with Crippen LogP contribution in [0, 0.1) is 0 Å². The number of aromatic nitrogens is 3. The number of pyridine rings is 1. The molecule has 1 saturated heterocycles. The molecule has 0 bridgehead atoms. The van der Waals surface area contributed by atoms with Crippen LogP contribution in [0.3, 0.4) is 0 Å². The lowest BCUT2D eigenvalue weighted by molar-refractivity contribution is 0.592. The Morgan fingerprint density at radius 1 is 1.25 bits per heavy atom. The summed E-state index contributed by atoms with van der Waals surface area (Å²) in [5, 5.41) is 9.22. The highest BCUT2D eigenvalue weighted by atomic mass is 35.5. The van der Waals surface area contributed by atoms with Gasteiger partial charge in [-0.05, 0) is 36.5 Å². The molecule has 0 atom stereocenters. The Bertz CT molecular complexity index is 505. The van der Waals surface area contributed by atoms with Crippen molar-refractivity contribution >= 4 is 29.0 Å². The second kappa shape index (κ2) is 4.26. The molecular formula is C11H12ClN3S. The monoisotopic (exact) mass is 253 g/mol. The highest BCUT2D eigenvalue weighted by Crippen LogP contribution is 2.30. The molecular weight excluding hydrogens is 242 g/mol. The molecule has 1 fully saturated rings. The number of fused-ring (bicyclic) bond motifs is 1. The molecule has 0 aromatic carbocycles. The van der Waals surface area contributed by atoms with Crippen molar-refractivity contribution in [2.45, 2.75) is 18.8 Å². The summed E-state index contributed by atoms with van der Waals surface area (Å²) in [6, 6.07) is 3.77. The van der Waals surface area contributed by atoms with Crippen LogP contribution in [0.2, 0.25) is 5.02 Å². The topological polar surface area (TPSA) is 30.2 Å². The average Bonchev–Trinajstić information content (AvgIpc) is 2.73. The average molecular weight is 254 g/mol. The molecule has 2 aromatic rings. The first kappa shape index (κ1) is 10.4. The van der Waals surface area contributed by atoms with Crippen LogP contribution in [-0.4, -0.2) is 26.1 Å². The Morgan fingerprint density at radius 2 is 2.06 bits per heavy atom. The van der Waals surface area contributed by atoms with E-state index in [0.717, 1.165) is 16.5 Å². The van der Waals surface area contributed by atoms with Crippen molar-refractivity contribution < 1.29 is 0 Å². The normalized spacial score (nSPS) is 18.1. The Labute approximate surface area is 103 Å². The van der Waals surface area contributed by atoms with Crippen molar-refractivity contribution in [1.29, 1.82) is 0 Å². The predicted octanol–water partition coefficient (Wildman–Crippen LogP) is 2.99. The molecule has 1 aliphatic rings. The van der Waals surface area contributed by atoms with E-state index in [2.05, 4.69) is 10.2 Å². The minimum Gasteiger partial charge on any atom is -0.285 e. The summed E-state index contributed by atoms with van der Waals surface area (Å²) in [5.74, 6) is 4.05. The number of hydrogen-bond donors (Lipinski definition) is 0. The standard InChI is InChI=1S/C11H12ClN3S/c12-9-1-2-10-13-14-11(15(10)7-9)8-3-5-16-6-4-8/h1-2,7-8H,3-6H2. The number of rotatable bonds is 1. The fraction of sp³-hybridized carbons (Fsp3) is 0.455. The number of hydrogen-bond acceptors (Lipinski definition) is 3. The van der Waals surface area contributed by atoms with E-state index >= 15 is 0 Å². The fourth-order valence-electron chi connectivity index (χ4n) is 2.12. The van der Waals surface area contributed by atoms with Crippen LogP contribution in [0.5, 0.6) is 0 Å². The molecule has 0 saturated carbocycles. The highest BCUT2D eigenvalue weighted by Gasteiger charge is 2.20. The van der Waals surface area contributed by atoms with Gasteiger partial charge in [-0.15, -0.1) is 10.2 Å². The van der Waals surface area contributed by atoms with Crippen LogP contribution in [0.4, 0.5) is 0 Å². The first-order valence-electron chi connectivity index (χ1n) is 5.42. The van der Waals surface area contributed by atoms with Crippen molar-refractivity contribution in [2.24, 2.45) is 0 Å². The van der Waals surface area contributed by atoms with Gasteiger partial charge in [0.2, 0.25) is 0 Å². The van der Waals surface area contributed by atoms with E-state index < -0.39 is 0 Å². The SMILES string of the molecule is Clc1ccc2nnc(C3CCSCC3)n2c1. The molecule has 0 N–H and O–H groups in total. The highest BCUT2D eigenvalue weighted by molar-refractivity contribution is 7.99. The minimum atomic E-state index is 0.537. The quantitative estimate of drug-likeness (QED) is 0.783. The molecule has 3 rings (SSSR count). The van der Waals surface area contributed by atoms with E-state index in [0.29, 0.717) is 5.92 Å². The third-order valence-corrected chi connectivity index (χ3v) is 4.25. The summed E-state index contributed by atoms with van der Waals surface area (Å²) in [5.41, 5.74) is 0.887. The lowest BCUT2D eigenvalue weighted by Gasteiger charge is -2.19. The maximum atomic E-state index is 6.01. The van der Waals surface area contributed by atoms with Crippen LogP contribution >= 0.6 is 23.4 Å². The second-order valence-corrected chi connectivity index (χ2v) is 5.68. The molecule has 84 valence electrons. The molecule has 3 nitrogen and oxygen atoms in total. The summed E-state index contributed by atoms with van der Waals surface area (Å²) >= 11 is 8.03. The van der Waals surface area contributed by atoms with Crippen molar-refractivity contribution in [3.63, 3.8) is 0 Å². The van der Waals surface area contributed by atoms with Crippen molar-refractivity contribution in [3.05, 3.63) is 29.2 Å². The summed E-state index contributed by atoms with van der Waals surface area (Å²) in [7, 11) is 0. The van der Waals surface area contributed by atoms with Crippen LogP contribution in [0.1, 0.15) is 24.6 Å². The van der Waals surface area contributed by atoms with E-state index in [-0.39, 0.29) is 0 Å². The van der Waals surface area contributed by atoms with Crippen LogP contribution in [-0.2, 0) is 0 Å². The Kier molecular flexibility index (Phi) is 2.77. The Hall–Kier alpha value is -0.740. The largest absolute Gasteiger partial charge is 0.285 e. The first-order valence-corrected chi connectivity index (χ1v) is 6.96. The lowest BCUT2D eigenvalue weighted by atomic mass is 10.0. The fourth-order valence-corrected chi connectivity index (χ4v) is 3.38. The molecule has 5 heteroatoms. The Morgan fingerprint density at radius 3 is 2.88 bits per heavy atom. The number of thioether (sulfide) groups is 1. The predicted molar refractivity (Wildman–Crippen MR) is 67.3 cm³/mol. The minimum absolute atomic E-state index is 0.537. The van der Waals surface area contributed by atoms with Gasteiger partial charge in [0.15, 0.2) is 5.65 Å². The smallest absolute Gasteiger partial charge is 0.160 e. The van der Waals surface area contributed by atoms with Gasteiger partial charge in [0, 0.05) is 12.1 Å². The number of halogens is 1. The van der Waals surface area contributed by atoms with E-state index in [9.17, 15) is 0 Å². The maximum absolute atomic E-state index is 6.01. The zero-order chi connectivity index (χ0) is 11.0. The third-order valence-electron chi connectivity index (χ3n) is 2.98. The lowest BCUT2D eigenvalue weighted by Crippen LogP contribution is -2.11. The molecule has 16 heavy (non-hydrogen) atoms. The van der Waals surface area contributed by atoms with Crippen molar-refractivity contribution in [3.8, 4) is 0 Å². The van der Waals surface area contributed by atoms with Gasteiger partial charge in [0.05, 0.1) is 5.02 Å². The molecule has 0 radical (unpaired) electrons. The summed E-state index contributed by atoms with van der Waals surface area (Å²) in [6.07, 6.45) is 4.30. The molecule has 0 spiro atoms. The summed E-state index contributed by atoms with van der Waals surface area (Å²) in [4.78, 5) is 0. The van der Waals surface area contributed by atoms with Crippen LogP contribution in [0.25, 0.3) is 5.65 Å². The van der Waals surface area contributed by atoms with Gasteiger partial charge >= 0.3 is 0 Å². The zero-order valence-corrected chi connectivity index (χ0v) is 10.3. The van der Waals surface area contributed by atoms with Crippen molar-refractivity contribution in [2.75, 3.05) is 11.5 Å². The van der Waals surface area contributed by atoms with Gasteiger partial charge in [-0.3, -0.25) is 4.40 Å². The van der Waals surface area contributed by atoms with E-state index in [1.807, 2.05) is 34.5 Å². The van der Waals surface area contributed by atoms with Gasteiger partial charge in [0.25, 0.3) is 0 Å². The van der Waals surface area contributed by atoms with Crippen molar-refractivity contribution in [1.82, 2.24) is 14.6 Å². The second-order valence-electron chi connectivity index (χ2n) is 4.02. The molecule has 0 aliphatic carbocycles. The van der Waals surface area contributed by atoms with Gasteiger partial charge in [0.1, 0.15) is 5.82 Å². The van der Waals surface area contributed by atoms with E-state index in [1.54, 1.807) is 0 Å². The van der Waals surface area contributed by atoms with Crippen LogP contribution < -0.4 is 0 Å². The van der Waals surface area contributed by atoms with Gasteiger partial charge < -0.3 is 0 Å². The van der Waals surface area contributed by atoms with Crippen LogP contribution in [0.15, 0.2) is 18.3 Å². The zero-order valence-electron chi connectivity index (χ0n) is 8.77. The Balaban J connectivity index is 2.05. The summed E-state index contributed by atoms with van der Waals surface area (Å²) < 4.78 is 2.03. The molecule has 0 unspecified atom stereocenters. The third kappa shape index (κ3) is 1.80. The number of nitrogens with zero attached hydrogens (tertiary/aromatic N) is 3. The maximum Gasteiger partial charge on any atom is 0.160 e. The molecule has 2 aromatic heterocycles. The first-order chi connectivity index (χ1) is 7.84.